The van der Waals surface area contributed by atoms with Crippen LogP contribution in [0.1, 0.15) is 43.0 Å². The van der Waals surface area contributed by atoms with Crippen LogP contribution < -0.4 is 11.3 Å². The zero-order chi connectivity index (χ0) is 21.6. The number of benzene rings is 1. The Bertz CT molecular complexity index is 1310. The molecule has 1 unspecified atom stereocenters. The van der Waals surface area contributed by atoms with E-state index in [1.807, 2.05) is 6.92 Å². The summed E-state index contributed by atoms with van der Waals surface area (Å²) in [6.07, 6.45) is 3.53. The highest BCUT2D eigenvalue weighted by molar-refractivity contribution is 7.92. The lowest BCUT2D eigenvalue weighted by Gasteiger charge is -2.14. The number of hydrogen-bond acceptors (Lipinski definition) is 6. The van der Waals surface area contributed by atoms with E-state index in [2.05, 4.69) is 9.97 Å². The largest absolute Gasteiger partial charge is 0.462 e. The predicted octanol–water partition coefficient (Wildman–Crippen LogP) is 2.88. The molecule has 1 aromatic carbocycles. The fraction of sp³-hybridized carbons (Fsp3) is 0.400. The lowest BCUT2D eigenvalue weighted by molar-refractivity contribution is 0.0507. The SMILES string of the molecule is CCCOC(=O)c1c[nH]c2c(=O)[nH]c3cc(Cl)c(S(=O)(=O)[C@H]4CCC(N)C4)cc3c12. The maximum atomic E-state index is 13.2. The standard InChI is InChI=1S/C20H22ClN3O5S/c1-2-5-29-20(26)13-9-23-18-17(13)12-7-16(14(21)8-15(12)24-19(18)25)30(27,28)11-4-3-10(22)6-11/h7-11,23H,2-6,22H2,1H3,(H,24,25)/t10?,11-/m0/s1. The van der Waals surface area contributed by atoms with E-state index in [1.54, 1.807) is 0 Å². The van der Waals surface area contributed by atoms with Crippen LogP contribution in [0.5, 0.6) is 0 Å². The number of aromatic nitrogens is 2. The Labute approximate surface area is 177 Å². The van der Waals surface area contributed by atoms with Crippen LogP contribution in [0.2, 0.25) is 5.02 Å². The van der Waals surface area contributed by atoms with Gasteiger partial charge in [0.2, 0.25) is 0 Å². The molecule has 0 radical (unpaired) electrons. The summed E-state index contributed by atoms with van der Waals surface area (Å²) in [7, 11) is -3.73. The summed E-state index contributed by atoms with van der Waals surface area (Å²) in [6, 6.07) is 2.68. The van der Waals surface area contributed by atoms with Gasteiger partial charge in [-0.1, -0.05) is 18.5 Å². The Hall–Kier alpha value is -2.36. The fourth-order valence-corrected chi connectivity index (χ4v) is 6.42. The van der Waals surface area contributed by atoms with Gasteiger partial charge in [0.25, 0.3) is 5.56 Å². The number of esters is 1. The van der Waals surface area contributed by atoms with Crippen molar-refractivity contribution in [2.45, 2.75) is 48.8 Å². The summed E-state index contributed by atoms with van der Waals surface area (Å²) in [5.41, 5.74) is 6.13. The number of ether oxygens (including phenoxy) is 1. The Morgan fingerprint density at radius 2 is 2.10 bits per heavy atom. The average molecular weight is 452 g/mol. The molecule has 0 saturated heterocycles. The molecule has 1 aliphatic rings. The van der Waals surface area contributed by atoms with Gasteiger partial charge in [-0.25, -0.2) is 13.2 Å². The first-order chi connectivity index (χ1) is 14.2. The topological polar surface area (TPSA) is 135 Å². The molecule has 0 spiro atoms. The van der Waals surface area contributed by atoms with E-state index < -0.39 is 26.6 Å². The van der Waals surface area contributed by atoms with E-state index in [9.17, 15) is 18.0 Å². The van der Waals surface area contributed by atoms with Crippen molar-refractivity contribution in [2.75, 3.05) is 6.61 Å². The summed E-state index contributed by atoms with van der Waals surface area (Å²) < 4.78 is 31.7. The molecule has 10 heteroatoms. The van der Waals surface area contributed by atoms with Crippen molar-refractivity contribution < 1.29 is 17.9 Å². The minimum atomic E-state index is -3.73. The van der Waals surface area contributed by atoms with Gasteiger partial charge in [0.15, 0.2) is 9.84 Å². The number of carbonyl (C=O) groups excluding carboxylic acids is 1. The van der Waals surface area contributed by atoms with Crippen molar-refractivity contribution >= 4 is 49.2 Å². The fourth-order valence-electron chi connectivity index (χ4n) is 4.02. The maximum Gasteiger partial charge on any atom is 0.340 e. The van der Waals surface area contributed by atoms with Crippen LogP contribution in [0.25, 0.3) is 21.8 Å². The van der Waals surface area contributed by atoms with Crippen molar-refractivity contribution in [1.82, 2.24) is 9.97 Å². The molecule has 1 saturated carbocycles. The van der Waals surface area contributed by atoms with Crippen molar-refractivity contribution in [3.8, 4) is 0 Å². The first-order valence-corrected chi connectivity index (χ1v) is 11.7. The molecule has 4 rings (SSSR count). The molecule has 0 aliphatic heterocycles. The number of fused-ring (bicyclic) bond motifs is 3. The highest BCUT2D eigenvalue weighted by Crippen LogP contribution is 2.36. The summed E-state index contributed by atoms with van der Waals surface area (Å²) in [4.78, 5) is 30.4. The van der Waals surface area contributed by atoms with Gasteiger partial charge in [0.1, 0.15) is 5.52 Å². The van der Waals surface area contributed by atoms with E-state index in [-0.39, 0.29) is 33.6 Å². The quantitative estimate of drug-likeness (QED) is 0.510. The lowest BCUT2D eigenvalue weighted by Crippen LogP contribution is -2.22. The second kappa shape index (κ2) is 7.72. The average Bonchev–Trinajstić information content (AvgIpc) is 3.33. The van der Waals surface area contributed by atoms with E-state index in [0.717, 1.165) is 0 Å². The number of rotatable bonds is 5. The van der Waals surface area contributed by atoms with Crippen LogP contribution in [0.3, 0.4) is 0 Å². The summed E-state index contributed by atoms with van der Waals surface area (Å²) >= 11 is 6.32. The number of nitrogens with two attached hydrogens (primary N) is 1. The Balaban J connectivity index is 1.95. The van der Waals surface area contributed by atoms with E-state index >= 15 is 0 Å². The Kier molecular flexibility index (Phi) is 5.37. The van der Waals surface area contributed by atoms with Gasteiger partial charge in [-0.15, -0.1) is 0 Å². The molecular weight excluding hydrogens is 430 g/mol. The molecule has 30 heavy (non-hydrogen) atoms. The number of nitrogens with one attached hydrogen (secondary N) is 2. The molecular formula is C20H22ClN3O5S. The molecule has 1 fully saturated rings. The normalized spacial score (nSPS) is 19.6. The number of sulfone groups is 1. The Morgan fingerprint density at radius 1 is 1.33 bits per heavy atom. The molecule has 160 valence electrons. The summed E-state index contributed by atoms with van der Waals surface area (Å²) in [5.74, 6) is -0.587. The van der Waals surface area contributed by atoms with Crippen LogP contribution in [0.4, 0.5) is 0 Å². The maximum absolute atomic E-state index is 13.2. The third-order valence-electron chi connectivity index (χ3n) is 5.52. The number of H-pyrrole nitrogens is 2. The molecule has 0 amide bonds. The predicted molar refractivity (Wildman–Crippen MR) is 115 cm³/mol. The first-order valence-electron chi connectivity index (χ1n) is 9.77. The van der Waals surface area contributed by atoms with Gasteiger partial charge in [0.05, 0.1) is 32.9 Å². The smallest absolute Gasteiger partial charge is 0.340 e. The van der Waals surface area contributed by atoms with E-state index in [1.165, 1.54) is 18.3 Å². The second-order valence-corrected chi connectivity index (χ2v) is 10.2. The molecule has 3 aromatic rings. The van der Waals surface area contributed by atoms with Gasteiger partial charge in [-0.05, 0) is 37.8 Å². The van der Waals surface area contributed by atoms with Crippen molar-refractivity contribution in [1.29, 1.82) is 0 Å². The van der Waals surface area contributed by atoms with Crippen LogP contribution in [0, 0.1) is 0 Å². The molecule has 2 heterocycles. The molecule has 1 aliphatic carbocycles. The molecule has 2 aromatic heterocycles. The van der Waals surface area contributed by atoms with Gasteiger partial charge in [-0.2, -0.15) is 0 Å². The van der Waals surface area contributed by atoms with E-state index in [4.69, 9.17) is 22.1 Å². The minimum absolute atomic E-state index is 0.0172. The van der Waals surface area contributed by atoms with Crippen molar-refractivity contribution in [3.63, 3.8) is 0 Å². The monoisotopic (exact) mass is 451 g/mol. The minimum Gasteiger partial charge on any atom is -0.462 e. The van der Waals surface area contributed by atoms with E-state index in [0.29, 0.717) is 42.0 Å². The summed E-state index contributed by atoms with van der Waals surface area (Å²) in [5, 5.41) is 0.121. The van der Waals surface area contributed by atoms with Gasteiger partial charge in [0, 0.05) is 23.0 Å². The Morgan fingerprint density at radius 3 is 2.77 bits per heavy atom. The van der Waals surface area contributed by atoms with Crippen LogP contribution in [-0.4, -0.2) is 42.3 Å². The van der Waals surface area contributed by atoms with Crippen molar-refractivity contribution in [3.05, 3.63) is 39.3 Å². The third kappa shape index (κ3) is 3.40. The zero-order valence-corrected chi connectivity index (χ0v) is 17.9. The highest BCUT2D eigenvalue weighted by atomic mass is 35.5. The molecule has 8 nitrogen and oxygen atoms in total. The van der Waals surface area contributed by atoms with Crippen LogP contribution in [-0.2, 0) is 14.6 Å². The lowest BCUT2D eigenvalue weighted by atomic mass is 10.1. The third-order valence-corrected chi connectivity index (χ3v) is 8.21. The number of carbonyl (C=O) groups is 1. The highest BCUT2D eigenvalue weighted by Gasteiger charge is 2.35. The number of hydrogen-bond donors (Lipinski definition) is 3. The molecule has 4 N–H and O–H groups in total. The van der Waals surface area contributed by atoms with Crippen LogP contribution >= 0.6 is 11.6 Å². The van der Waals surface area contributed by atoms with Gasteiger partial charge >= 0.3 is 5.97 Å². The molecule has 0 bridgehead atoms. The number of aromatic amines is 2. The van der Waals surface area contributed by atoms with Crippen LogP contribution in [0.15, 0.2) is 28.0 Å². The summed E-state index contributed by atoms with van der Waals surface area (Å²) in [6.45, 7) is 2.11. The van der Waals surface area contributed by atoms with Gasteiger partial charge < -0.3 is 20.4 Å². The molecule has 2 atom stereocenters. The van der Waals surface area contributed by atoms with Gasteiger partial charge in [-0.3, -0.25) is 4.79 Å². The second-order valence-electron chi connectivity index (χ2n) is 7.61. The number of halogens is 1. The zero-order valence-electron chi connectivity index (χ0n) is 16.3. The first kappa shape index (κ1) is 20.9. The van der Waals surface area contributed by atoms with Crippen molar-refractivity contribution in [2.24, 2.45) is 5.73 Å². The number of pyridine rings is 1.